The fraction of sp³-hybridized carbons (Fsp3) is 0.278. The van der Waals surface area contributed by atoms with Crippen LogP contribution in [0.25, 0.3) is 0 Å². The van der Waals surface area contributed by atoms with E-state index in [1.165, 1.54) is 22.5 Å². The smallest absolute Gasteiger partial charge is 0.276 e. The molecule has 1 N–H and O–H groups in total. The number of carbonyl (C=O) groups excluding carboxylic acids is 1. The molecule has 0 aromatic heterocycles. The number of hydroxylamine groups is 1. The molecule has 0 saturated carbocycles. The Balaban J connectivity index is 1.71. The molecule has 2 aromatic carbocycles. The second kappa shape index (κ2) is 8.81. The van der Waals surface area contributed by atoms with E-state index in [0.29, 0.717) is 13.2 Å². The minimum absolute atomic E-state index is 0.00186. The van der Waals surface area contributed by atoms with E-state index in [4.69, 9.17) is 21.2 Å². The first-order chi connectivity index (χ1) is 13.0. The third-order valence-corrected chi connectivity index (χ3v) is 6.26. The summed E-state index contributed by atoms with van der Waals surface area (Å²) in [7, 11) is -3.72. The Labute approximate surface area is 162 Å². The summed E-state index contributed by atoms with van der Waals surface area (Å²) in [4.78, 5) is 17.6. The number of hydrogen-bond acceptors (Lipinski definition) is 5. The van der Waals surface area contributed by atoms with Gasteiger partial charge in [0.25, 0.3) is 5.91 Å². The van der Waals surface area contributed by atoms with Crippen LogP contribution in [0.3, 0.4) is 0 Å². The second-order valence-corrected chi connectivity index (χ2v) is 8.21. The molecule has 0 aliphatic carbocycles. The van der Waals surface area contributed by atoms with Crippen molar-refractivity contribution in [2.45, 2.75) is 11.5 Å². The molecule has 1 amide bonds. The van der Waals surface area contributed by atoms with Crippen molar-refractivity contribution >= 4 is 27.5 Å². The Morgan fingerprint density at radius 2 is 1.85 bits per heavy atom. The molecular weight excluding hydrogens is 392 g/mol. The predicted octanol–water partition coefficient (Wildman–Crippen LogP) is 2.22. The van der Waals surface area contributed by atoms with Gasteiger partial charge in [-0.25, -0.2) is 13.9 Å². The quantitative estimate of drug-likeness (QED) is 0.738. The number of ether oxygens (including phenoxy) is 1. The summed E-state index contributed by atoms with van der Waals surface area (Å²) in [6.45, 7) is 1.40. The van der Waals surface area contributed by atoms with Gasteiger partial charge >= 0.3 is 0 Å². The predicted molar refractivity (Wildman–Crippen MR) is 99.7 cm³/mol. The standard InChI is InChI=1S/C18H19ClN2O5S/c19-17-7-6-15(27(23,24)21-8-10-25-11-9-21)12-16(17)18(22)20-26-13-14-4-2-1-3-5-14/h1-7,12H,8-11,13H2,(H,20,22). The molecule has 1 saturated heterocycles. The maximum absolute atomic E-state index is 12.7. The van der Waals surface area contributed by atoms with Gasteiger partial charge in [-0.05, 0) is 23.8 Å². The van der Waals surface area contributed by atoms with E-state index in [1.54, 1.807) is 0 Å². The molecule has 0 radical (unpaired) electrons. The Morgan fingerprint density at radius 1 is 1.15 bits per heavy atom. The molecule has 0 atom stereocenters. The van der Waals surface area contributed by atoms with E-state index in [2.05, 4.69) is 5.48 Å². The maximum atomic E-state index is 12.7. The minimum Gasteiger partial charge on any atom is -0.379 e. The van der Waals surface area contributed by atoms with Crippen LogP contribution in [-0.2, 0) is 26.2 Å². The average Bonchev–Trinajstić information content (AvgIpc) is 2.69. The monoisotopic (exact) mass is 410 g/mol. The number of nitrogens with one attached hydrogen (secondary N) is 1. The molecule has 3 rings (SSSR count). The summed E-state index contributed by atoms with van der Waals surface area (Å²) in [5.74, 6) is -0.616. The lowest BCUT2D eigenvalue weighted by Crippen LogP contribution is -2.40. The number of morpholine rings is 1. The number of hydrogen-bond donors (Lipinski definition) is 1. The third kappa shape index (κ3) is 4.85. The van der Waals surface area contributed by atoms with Crippen LogP contribution in [-0.4, -0.2) is 44.9 Å². The Bertz CT molecular complexity index is 899. The highest BCUT2D eigenvalue weighted by Gasteiger charge is 2.27. The minimum atomic E-state index is -3.72. The van der Waals surface area contributed by atoms with Gasteiger partial charge in [0.15, 0.2) is 0 Å². The maximum Gasteiger partial charge on any atom is 0.276 e. The Kier molecular flexibility index (Phi) is 6.46. The lowest BCUT2D eigenvalue weighted by atomic mass is 10.2. The van der Waals surface area contributed by atoms with Gasteiger partial charge in [0, 0.05) is 13.1 Å². The molecule has 1 aliphatic heterocycles. The molecule has 0 bridgehead atoms. The Morgan fingerprint density at radius 3 is 2.56 bits per heavy atom. The van der Waals surface area contributed by atoms with E-state index < -0.39 is 15.9 Å². The molecule has 1 aliphatic rings. The SMILES string of the molecule is O=C(NOCc1ccccc1)c1cc(S(=O)(=O)N2CCOCC2)ccc1Cl. The molecule has 144 valence electrons. The lowest BCUT2D eigenvalue weighted by Gasteiger charge is -2.26. The third-order valence-electron chi connectivity index (χ3n) is 4.04. The molecule has 0 unspecified atom stereocenters. The van der Waals surface area contributed by atoms with Crippen LogP contribution in [0.4, 0.5) is 0 Å². The van der Waals surface area contributed by atoms with Crippen LogP contribution in [0.1, 0.15) is 15.9 Å². The number of sulfonamides is 1. The van der Waals surface area contributed by atoms with Crippen LogP contribution in [0.5, 0.6) is 0 Å². The van der Waals surface area contributed by atoms with Gasteiger partial charge in [-0.1, -0.05) is 41.9 Å². The van der Waals surface area contributed by atoms with E-state index >= 15 is 0 Å². The van der Waals surface area contributed by atoms with Crippen molar-refractivity contribution in [1.82, 2.24) is 9.79 Å². The summed E-state index contributed by atoms with van der Waals surface area (Å²) >= 11 is 6.08. The highest BCUT2D eigenvalue weighted by atomic mass is 35.5. The van der Waals surface area contributed by atoms with E-state index in [1.807, 2.05) is 30.3 Å². The zero-order chi connectivity index (χ0) is 19.3. The van der Waals surface area contributed by atoms with E-state index in [9.17, 15) is 13.2 Å². The van der Waals surface area contributed by atoms with Gasteiger partial charge in [-0.2, -0.15) is 4.31 Å². The average molecular weight is 411 g/mol. The molecule has 1 fully saturated rings. The topological polar surface area (TPSA) is 84.9 Å². The van der Waals surface area contributed by atoms with Crippen molar-refractivity contribution in [1.29, 1.82) is 0 Å². The number of rotatable bonds is 6. The fourth-order valence-electron chi connectivity index (χ4n) is 2.59. The number of amides is 1. The normalized spacial score (nSPS) is 15.4. The van der Waals surface area contributed by atoms with Crippen LogP contribution >= 0.6 is 11.6 Å². The van der Waals surface area contributed by atoms with Crippen molar-refractivity contribution in [3.63, 3.8) is 0 Å². The number of carbonyl (C=O) groups is 1. The molecular formula is C18H19ClN2O5S. The zero-order valence-corrected chi connectivity index (χ0v) is 16.0. The Hall–Kier alpha value is -1.97. The number of halogens is 1. The zero-order valence-electron chi connectivity index (χ0n) is 14.4. The molecule has 1 heterocycles. The van der Waals surface area contributed by atoms with Crippen molar-refractivity contribution in [2.75, 3.05) is 26.3 Å². The van der Waals surface area contributed by atoms with Gasteiger partial charge in [-0.15, -0.1) is 0 Å². The first-order valence-corrected chi connectivity index (χ1v) is 10.1. The molecule has 9 heteroatoms. The van der Waals surface area contributed by atoms with E-state index in [0.717, 1.165) is 5.56 Å². The van der Waals surface area contributed by atoms with Crippen molar-refractivity contribution in [3.05, 3.63) is 64.7 Å². The first kappa shape index (κ1) is 19.8. The van der Waals surface area contributed by atoms with Gasteiger partial charge in [0.05, 0.1) is 35.3 Å². The second-order valence-electron chi connectivity index (χ2n) is 5.86. The van der Waals surface area contributed by atoms with E-state index in [-0.39, 0.29) is 35.2 Å². The van der Waals surface area contributed by atoms with Crippen LogP contribution in [0, 0.1) is 0 Å². The van der Waals surface area contributed by atoms with Crippen LogP contribution in [0.15, 0.2) is 53.4 Å². The highest BCUT2D eigenvalue weighted by molar-refractivity contribution is 7.89. The van der Waals surface area contributed by atoms with Gasteiger partial charge in [0.1, 0.15) is 0 Å². The number of nitrogens with zero attached hydrogens (tertiary/aromatic N) is 1. The molecule has 0 spiro atoms. The first-order valence-electron chi connectivity index (χ1n) is 8.32. The van der Waals surface area contributed by atoms with Gasteiger partial charge in [-0.3, -0.25) is 9.63 Å². The summed E-state index contributed by atoms with van der Waals surface area (Å²) in [6, 6.07) is 13.3. The van der Waals surface area contributed by atoms with Gasteiger partial charge in [0.2, 0.25) is 10.0 Å². The summed E-state index contributed by atoms with van der Waals surface area (Å²) < 4.78 is 32.0. The van der Waals surface area contributed by atoms with Crippen molar-refractivity contribution in [3.8, 4) is 0 Å². The largest absolute Gasteiger partial charge is 0.379 e. The fourth-order valence-corrected chi connectivity index (χ4v) is 4.23. The molecule has 2 aromatic rings. The van der Waals surface area contributed by atoms with Crippen molar-refractivity contribution in [2.24, 2.45) is 0 Å². The van der Waals surface area contributed by atoms with Crippen LogP contribution in [0.2, 0.25) is 5.02 Å². The summed E-state index contributed by atoms with van der Waals surface area (Å²) in [6.07, 6.45) is 0. The summed E-state index contributed by atoms with van der Waals surface area (Å²) in [5, 5.41) is 0.136. The molecule has 7 nitrogen and oxygen atoms in total. The lowest BCUT2D eigenvalue weighted by molar-refractivity contribution is 0.0233. The highest BCUT2D eigenvalue weighted by Crippen LogP contribution is 2.23. The van der Waals surface area contributed by atoms with Crippen LogP contribution < -0.4 is 5.48 Å². The van der Waals surface area contributed by atoms with Crippen molar-refractivity contribution < 1.29 is 22.8 Å². The summed E-state index contributed by atoms with van der Waals surface area (Å²) in [5.41, 5.74) is 3.20. The number of benzene rings is 2. The van der Waals surface area contributed by atoms with Gasteiger partial charge < -0.3 is 4.74 Å². The molecule has 27 heavy (non-hydrogen) atoms.